The zero-order valence-corrected chi connectivity index (χ0v) is 13.1. The van der Waals surface area contributed by atoms with E-state index in [1.54, 1.807) is 0 Å². The Morgan fingerprint density at radius 1 is 1.30 bits per heavy atom. The molecule has 1 aliphatic carbocycles. The lowest BCUT2D eigenvalue weighted by Gasteiger charge is -2.37. The van der Waals surface area contributed by atoms with Crippen LogP contribution in [0.15, 0.2) is 18.3 Å². The molecule has 0 saturated heterocycles. The first-order chi connectivity index (χ1) is 9.74. The van der Waals surface area contributed by atoms with E-state index in [1.165, 1.54) is 18.4 Å². The van der Waals surface area contributed by atoms with E-state index in [0.717, 1.165) is 37.9 Å². The summed E-state index contributed by atoms with van der Waals surface area (Å²) in [6.45, 7) is 5.30. The Kier molecular flexibility index (Phi) is 5.55. The van der Waals surface area contributed by atoms with E-state index in [-0.39, 0.29) is 5.60 Å². The zero-order valence-electron chi connectivity index (χ0n) is 13.1. The van der Waals surface area contributed by atoms with Gasteiger partial charge in [-0.15, -0.1) is 0 Å². The van der Waals surface area contributed by atoms with Crippen LogP contribution in [-0.4, -0.2) is 30.3 Å². The number of pyridine rings is 1. The van der Waals surface area contributed by atoms with Crippen LogP contribution in [0.1, 0.15) is 50.8 Å². The molecule has 1 aromatic rings. The van der Waals surface area contributed by atoms with Crippen molar-refractivity contribution in [2.45, 2.75) is 64.0 Å². The molecule has 0 aromatic carbocycles. The van der Waals surface area contributed by atoms with E-state index in [0.29, 0.717) is 6.04 Å². The molecule has 0 aliphatic heterocycles. The van der Waals surface area contributed by atoms with Crippen LogP contribution in [0.2, 0.25) is 0 Å². The third-order valence-corrected chi connectivity index (χ3v) is 4.65. The van der Waals surface area contributed by atoms with Gasteiger partial charge >= 0.3 is 0 Å². The molecular weight excluding hydrogens is 248 g/mol. The van der Waals surface area contributed by atoms with Crippen LogP contribution in [-0.2, 0) is 17.6 Å². The molecule has 1 N–H and O–H groups in total. The lowest BCUT2D eigenvalue weighted by Crippen LogP contribution is -2.51. The highest BCUT2D eigenvalue weighted by Crippen LogP contribution is 2.36. The van der Waals surface area contributed by atoms with Crippen LogP contribution in [0, 0.1) is 0 Å². The highest BCUT2D eigenvalue weighted by Gasteiger charge is 2.41. The zero-order chi connectivity index (χ0) is 14.4. The van der Waals surface area contributed by atoms with E-state index in [2.05, 4.69) is 36.3 Å². The van der Waals surface area contributed by atoms with Crippen molar-refractivity contribution in [1.82, 2.24) is 10.3 Å². The maximum absolute atomic E-state index is 5.94. The second-order valence-corrected chi connectivity index (χ2v) is 5.80. The topological polar surface area (TPSA) is 34.2 Å². The first-order valence-corrected chi connectivity index (χ1v) is 7.96. The summed E-state index contributed by atoms with van der Waals surface area (Å²) in [6, 6.07) is 4.72. The van der Waals surface area contributed by atoms with Gasteiger partial charge in [0, 0.05) is 31.5 Å². The van der Waals surface area contributed by atoms with Crippen molar-refractivity contribution in [1.29, 1.82) is 0 Å². The van der Waals surface area contributed by atoms with Gasteiger partial charge in [0.15, 0.2) is 0 Å². The van der Waals surface area contributed by atoms with Crippen LogP contribution in [0.5, 0.6) is 0 Å². The largest absolute Gasteiger partial charge is 0.377 e. The quantitative estimate of drug-likeness (QED) is 0.831. The van der Waals surface area contributed by atoms with E-state index in [4.69, 9.17) is 4.74 Å². The Morgan fingerprint density at radius 2 is 2.05 bits per heavy atom. The number of methoxy groups -OCH3 is 1. The second kappa shape index (κ2) is 7.19. The normalized spacial score (nSPS) is 19.1. The summed E-state index contributed by atoms with van der Waals surface area (Å²) in [7, 11) is 1.86. The monoisotopic (exact) mass is 276 g/mol. The van der Waals surface area contributed by atoms with Gasteiger partial charge in [0.1, 0.15) is 0 Å². The Hall–Kier alpha value is -0.930. The summed E-state index contributed by atoms with van der Waals surface area (Å²) in [5.74, 6) is 0. The summed E-state index contributed by atoms with van der Waals surface area (Å²) in [5.41, 5.74) is 2.47. The summed E-state index contributed by atoms with van der Waals surface area (Å²) >= 11 is 0. The molecule has 3 heteroatoms. The first kappa shape index (κ1) is 15.5. The smallest absolute Gasteiger partial charge is 0.0834 e. The van der Waals surface area contributed by atoms with Gasteiger partial charge in [-0.1, -0.05) is 32.8 Å². The summed E-state index contributed by atoms with van der Waals surface area (Å²) in [5, 5.41) is 3.63. The Balaban J connectivity index is 2.11. The van der Waals surface area contributed by atoms with Gasteiger partial charge in [0.05, 0.1) is 5.60 Å². The van der Waals surface area contributed by atoms with E-state index >= 15 is 0 Å². The van der Waals surface area contributed by atoms with E-state index in [1.807, 2.05) is 13.3 Å². The number of nitrogens with one attached hydrogen (secondary N) is 1. The molecule has 0 bridgehead atoms. The number of aromatic nitrogens is 1. The Bertz CT molecular complexity index is 396. The summed E-state index contributed by atoms with van der Waals surface area (Å²) in [4.78, 5) is 4.61. The predicted octanol–water partition coefficient (Wildman–Crippen LogP) is 3.12. The van der Waals surface area contributed by atoms with Gasteiger partial charge in [-0.3, -0.25) is 4.98 Å². The van der Waals surface area contributed by atoms with Gasteiger partial charge < -0.3 is 10.1 Å². The van der Waals surface area contributed by atoms with Crippen LogP contribution in [0.4, 0.5) is 0 Å². The van der Waals surface area contributed by atoms with Crippen molar-refractivity contribution in [2.75, 3.05) is 13.7 Å². The minimum atomic E-state index is 0.00111. The van der Waals surface area contributed by atoms with Crippen LogP contribution in [0.3, 0.4) is 0 Å². The Labute approximate surface area is 123 Å². The SMILES string of the molecule is CCNC(Cc1ccc(CC)cn1)C1(OC)CCCC1. The molecule has 1 atom stereocenters. The molecule has 1 aromatic heterocycles. The number of rotatable bonds is 7. The maximum Gasteiger partial charge on any atom is 0.0834 e. The highest BCUT2D eigenvalue weighted by molar-refractivity contribution is 5.16. The molecule has 3 nitrogen and oxygen atoms in total. The van der Waals surface area contributed by atoms with Crippen LogP contribution in [0.25, 0.3) is 0 Å². The number of hydrogen-bond acceptors (Lipinski definition) is 3. The molecule has 112 valence electrons. The fraction of sp³-hybridized carbons (Fsp3) is 0.706. The lowest BCUT2D eigenvalue weighted by molar-refractivity contribution is -0.0353. The number of likely N-dealkylation sites (N-methyl/N-ethyl adjacent to an activating group) is 1. The van der Waals surface area contributed by atoms with Gasteiger partial charge in [0.2, 0.25) is 0 Å². The maximum atomic E-state index is 5.94. The standard InChI is InChI=1S/C17H28N2O/c1-4-14-8-9-15(19-13-14)12-16(18-5-2)17(20-3)10-6-7-11-17/h8-9,13,16,18H,4-7,10-12H2,1-3H3. The average Bonchev–Trinajstić information content (AvgIpc) is 2.98. The predicted molar refractivity (Wildman–Crippen MR) is 83.0 cm³/mol. The van der Waals surface area contributed by atoms with Crippen molar-refractivity contribution in [3.63, 3.8) is 0 Å². The fourth-order valence-electron chi connectivity index (χ4n) is 3.35. The first-order valence-electron chi connectivity index (χ1n) is 7.96. The third-order valence-electron chi connectivity index (χ3n) is 4.65. The highest BCUT2D eigenvalue weighted by atomic mass is 16.5. The lowest BCUT2D eigenvalue weighted by atomic mass is 9.88. The van der Waals surface area contributed by atoms with Gasteiger partial charge in [-0.25, -0.2) is 0 Å². The summed E-state index contributed by atoms with van der Waals surface area (Å²) < 4.78 is 5.94. The van der Waals surface area contributed by atoms with Crippen molar-refractivity contribution < 1.29 is 4.74 Å². The van der Waals surface area contributed by atoms with Crippen LogP contribution >= 0.6 is 0 Å². The van der Waals surface area contributed by atoms with Crippen molar-refractivity contribution in [3.8, 4) is 0 Å². The number of hydrogen-bond donors (Lipinski definition) is 1. The van der Waals surface area contributed by atoms with Crippen LogP contribution < -0.4 is 5.32 Å². The number of nitrogens with zero attached hydrogens (tertiary/aromatic N) is 1. The molecule has 0 spiro atoms. The van der Waals surface area contributed by atoms with Gasteiger partial charge in [-0.2, -0.15) is 0 Å². The molecular formula is C17H28N2O. The minimum absolute atomic E-state index is 0.00111. The van der Waals surface area contributed by atoms with Crippen molar-refractivity contribution in [2.24, 2.45) is 0 Å². The molecule has 1 unspecified atom stereocenters. The van der Waals surface area contributed by atoms with Gasteiger partial charge in [-0.05, 0) is 37.4 Å². The molecule has 0 radical (unpaired) electrons. The molecule has 2 rings (SSSR count). The number of aryl methyl sites for hydroxylation is 1. The average molecular weight is 276 g/mol. The fourth-order valence-corrected chi connectivity index (χ4v) is 3.35. The Morgan fingerprint density at radius 3 is 2.55 bits per heavy atom. The van der Waals surface area contributed by atoms with E-state index in [9.17, 15) is 0 Å². The molecule has 1 fully saturated rings. The second-order valence-electron chi connectivity index (χ2n) is 5.80. The molecule has 1 aliphatic rings. The van der Waals surface area contributed by atoms with Crippen molar-refractivity contribution in [3.05, 3.63) is 29.6 Å². The number of ether oxygens (including phenoxy) is 1. The van der Waals surface area contributed by atoms with Gasteiger partial charge in [0.25, 0.3) is 0 Å². The molecule has 0 amide bonds. The molecule has 1 heterocycles. The summed E-state index contributed by atoms with van der Waals surface area (Å²) in [6.07, 6.45) is 8.88. The third kappa shape index (κ3) is 3.39. The van der Waals surface area contributed by atoms with E-state index < -0.39 is 0 Å². The van der Waals surface area contributed by atoms with Crippen molar-refractivity contribution >= 4 is 0 Å². The molecule has 1 saturated carbocycles. The molecule has 20 heavy (non-hydrogen) atoms. The minimum Gasteiger partial charge on any atom is -0.377 e.